The van der Waals surface area contributed by atoms with Gasteiger partial charge in [-0.15, -0.1) is 0 Å². The van der Waals surface area contributed by atoms with Gasteiger partial charge < -0.3 is 10.6 Å². The maximum absolute atomic E-state index is 12.7. The van der Waals surface area contributed by atoms with Crippen molar-refractivity contribution in [3.05, 3.63) is 28.8 Å². The van der Waals surface area contributed by atoms with Gasteiger partial charge in [-0.3, -0.25) is 19.0 Å². The molecule has 8 heteroatoms. The van der Waals surface area contributed by atoms with Crippen molar-refractivity contribution in [2.45, 2.75) is 41.2 Å². The summed E-state index contributed by atoms with van der Waals surface area (Å²) in [6.07, 6.45) is 1.67. The molecule has 136 valence electrons. The molecule has 2 heterocycles. The fourth-order valence-corrected chi connectivity index (χ4v) is 2.51. The third-order valence-electron chi connectivity index (χ3n) is 3.96. The van der Waals surface area contributed by atoms with E-state index in [-0.39, 0.29) is 17.5 Å². The molecular formula is C17H26N6O2. The summed E-state index contributed by atoms with van der Waals surface area (Å²) in [5.74, 6) is -0.261. The van der Waals surface area contributed by atoms with Gasteiger partial charge in [0.05, 0.1) is 16.9 Å². The normalized spacial score (nSPS) is 11.0. The van der Waals surface area contributed by atoms with Gasteiger partial charge in [-0.2, -0.15) is 10.2 Å². The Bertz CT molecular complexity index is 787. The van der Waals surface area contributed by atoms with Crippen LogP contribution in [0.25, 0.3) is 0 Å². The molecule has 0 bridgehead atoms. The lowest BCUT2D eigenvalue weighted by Crippen LogP contribution is -2.29. The van der Waals surface area contributed by atoms with E-state index in [2.05, 4.69) is 20.8 Å². The molecule has 0 aliphatic heterocycles. The number of nitrogens with zero attached hydrogens (tertiary/aromatic N) is 4. The van der Waals surface area contributed by atoms with Gasteiger partial charge in [0.25, 0.3) is 11.8 Å². The lowest BCUT2D eigenvalue weighted by Gasteiger charge is -2.08. The highest BCUT2D eigenvalue weighted by molar-refractivity contribution is 6.09. The van der Waals surface area contributed by atoms with Gasteiger partial charge in [0.15, 0.2) is 5.69 Å². The average molecular weight is 346 g/mol. The van der Waals surface area contributed by atoms with E-state index in [1.54, 1.807) is 29.5 Å². The number of hydrogen-bond donors (Lipinski definition) is 2. The van der Waals surface area contributed by atoms with Crippen LogP contribution >= 0.6 is 0 Å². The monoisotopic (exact) mass is 346 g/mol. The van der Waals surface area contributed by atoms with Crippen molar-refractivity contribution in [1.82, 2.24) is 24.9 Å². The number of hydrogen-bond acceptors (Lipinski definition) is 4. The van der Waals surface area contributed by atoms with E-state index in [9.17, 15) is 9.59 Å². The highest BCUT2D eigenvalue weighted by Crippen LogP contribution is 2.18. The van der Waals surface area contributed by atoms with E-state index in [0.29, 0.717) is 36.0 Å². The van der Waals surface area contributed by atoms with Crippen molar-refractivity contribution in [3.63, 3.8) is 0 Å². The Kier molecular flexibility index (Phi) is 5.61. The molecule has 0 spiro atoms. The average Bonchev–Trinajstić information content (AvgIpc) is 3.05. The molecule has 0 atom stereocenters. The highest BCUT2D eigenvalue weighted by Gasteiger charge is 2.22. The molecule has 8 nitrogen and oxygen atoms in total. The van der Waals surface area contributed by atoms with Crippen molar-refractivity contribution < 1.29 is 9.59 Å². The maximum atomic E-state index is 12.7. The summed E-state index contributed by atoms with van der Waals surface area (Å²) in [5.41, 5.74) is 2.54. The van der Waals surface area contributed by atoms with Crippen molar-refractivity contribution in [2.75, 3.05) is 11.9 Å². The first-order chi connectivity index (χ1) is 11.7. The highest BCUT2D eigenvalue weighted by atomic mass is 16.2. The molecule has 0 radical (unpaired) electrons. The summed E-state index contributed by atoms with van der Waals surface area (Å²) in [7, 11) is 1.79. The Hall–Kier alpha value is -2.64. The zero-order chi connectivity index (χ0) is 18.7. The minimum atomic E-state index is -0.296. The largest absolute Gasteiger partial charge is 0.350 e. The van der Waals surface area contributed by atoms with Crippen LogP contribution in [0.1, 0.15) is 53.0 Å². The lowest BCUT2D eigenvalue weighted by molar-refractivity contribution is 0.0944. The standard InChI is InChI=1S/C17H26N6O2/c1-7-23-9-13(15(21-23)17(25)18-8-10(2)3)19-16(24)14-11(4)20-22(6)12(14)5/h9-10H,7-8H2,1-6H3,(H,18,25)(H,19,24). The van der Waals surface area contributed by atoms with E-state index in [1.807, 2.05) is 27.7 Å². The molecule has 0 saturated carbocycles. The van der Waals surface area contributed by atoms with E-state index in [4.69, 9.17) is 0 Å². The molecule has 0 saturated heterocycles. The quantitative estimate of drug-likeness (QED) is 0.835. The summed E-state index contributed by atoms with van der Waals surface area (Å²) in [4.78, 5) is 25.1. The molecule has 0 aliphatic rings. The summed E-state index contributed by atoms with van der Waals surface area (Å²) in [5, 5.41) is 14.2. The molecule has 0 aromatic carbocycles. The minimum absolute atomic E-state index is 0.218. The molecule has 2 aromatic heterocycles. The van der Waals surface area contributed by atoms with Crippen LogP contribution < -0.4 is 10.6 Å². The van der Waals surface area contributed by atoms with Crippen LogP contribution in [0.3, 0.4) is 0 Å². The molecule has 0 unspecified atom stereocenters. The van der Waals surface area contributed by atoms with E-state index in [0.717, 1.165) is 5.69 Å². The second-order valence-electron chi connectivity index (χ2n) is 6.47. The van der Waals surface area contributed by atoms with Crippen LogP contribution in [-0.2, 0) is 13.6 Å². The van der Waals surface area contributed by atoms with Gasteiger partial charge >= 0.3 is 0 Å². The Labute approximate surface area is 147 Å². The molecule has 2 amide bonds. The topological polar surface area (TPSA) is 93.8 Å². The number of anilines is 1. The molecule has 2 aromatic rings. The third kappa shape index (κ3) is 4.07. The molecule has 0 aliphatic carbocycles. The first-order valence-corrected chi connectivity index (χ1v) is 8.41. The van der Waals surface area contributed by atoms with Crippen LogP contribution in [-0.4, -0.2) is 37.9 Å². The van der Waals surface area contributed by atoms with Crippen LogP contribution in [0.2, 0.25) is 0 Å². The minimum Gasteiger partial charge on any atom is -0.350 e. The summed E-state index contributed by atoms with van der Waals surface area (Å²) >= 11 is 0. The molecule has 0 fully saturated rings. The van der Waals surface area contributed by atoms with Gasteiger partial charge in [-0.1, -0.05) is 13.8 Å². The van der Waals surface area contributed by atoms with Gasteiger partial charge in [-0.25, -0.2) is 0 Å². The smallest absolute Gasteiger partial charge is 0.273 e. The Morgan fingerprint density at radius 2 is 1.88 bits per heavy atom. The van der Waals surface area contributed by atoms with E-state index < -0.39 is 0 Å². The molecular weight excluding hydrogens is 320 g/mol. The summed E-state index contributed by atoms with van der Waals surface area (Å²) in [6.45, 7) is 10.7. The van der Waals surface area contributed by atoms with Gasteiger partial charge in [0.2, 0.25) is 0 Å². The van der Waals surface area contributed by atoms with Crippen LogP contribution in [0.4, 0.5) is 5.69 Å². The van der Waals surface area contributed by atoms with E-state index >= 15 is 0 Å². The number of rotatable bonds is 6. The van der Waals surface area contributed by atoms with Crippen molar-refractivity contribution in [2.24, 2.45) is 13.0 Å². The molecule has 25 heavy (non-hydrogen) atoms. The van der Waals surface area contributed by atoms with E-state index in [1.165, 1.54) is 0 Å². The fourth-order valence-electron chi connectivity index (χ4n) is 2.51. The van der Waals surface area contributed by atoms with Crippen LogP contribution in [0.15, 0.2) is 6.20 Å². The van der Waals surface area contributed by atoms with Crippen molar-refractivity contribution >= 4 is 17.5 Å². The number of carbonyl (C=O) groups is 2. The van der Waals surface area contributed by atoms with Crippen LogP contribution in [0, 0.1) is 19.8 Å². The van der Waals surface area contributed by atoms with Crippen molar-refractivity contribution in [3.8, 4) is 0 Å². The SMILES string of the molecule is CCn1cc(NC(=O)c2c(C)nn(C)c2C)c(C(=O)NCC(C)C)n1. The predicted molar refractivity (Wildman–Crippen MR) is 95.7 cm³/mol. The first-order valence-electron chi connectivity index (χ1n) is 8.41. The number of carbonyl (C=O) groups excluding carboxylic acids is 2. The number of aromatic nitrogens is 4. The second kappa shape index (κ2) is 7.50. The van der Waals surface area contributed by atoms with Crippen molar-refractivity contribution in [1.29, 1.82) is 0 Å². The van der Waals surface area contributed by atoms with Gasteiger partial charge in [0.1, 0.15) is 0 Å². The first kappa shape index (κ1) is 18.7. The Morgan fingerprint density at radius 1 is 1.20 bits per heavy atom. The molecule has 2 rings (SSSR count). The molecule has 2 N–H and O–H groups in total. The number of nitrogens with one attached hydrogen (secondary N) is 2. The van der Waals surface area contributed by atoms with Crippen LogP contribution in [0.5, 0.6) is 0 Å². The second-order valence-corrected chi connectivity index (χ2v) is 6.47. The van der Waals surface area contributed by atoms with Gasteiger partial charge in [-0.05, 0) is 26.7 Å². The maximum Gasteiger partial charge on any atom is 0.273 e. The fraction of sp³-hybridized carbons (Fsp3) is 0.529. The predicted octanol–water partition coefficient (Wildman–Crippen LogP) is 1.89. The number of amides is 2. The zero-order valence-corrected chi connectivity index (χ0v) is 15.7. The van der Waals surface area contributed by atoms with Gasteiger partial charge in [0, 0.05) is 32.0 Å². The lowest BCUT2D eigenvalue weighted by atomic mass is 10.2. The summed E-state index contributed by atoms with van der Waals surface area (Å²) in [6, 6.07) is 0. The third-order valence-corrected chi connectivity index (χ3v) is 3.96. The zero-order valence-electron chi connectivity index (χ0n) is 15.7. The number of aryl methyl sites for hydroxylation is 3. The summed E-state index contributed by atoms with van der Waals surface area (Å²) < 4.78 is 3.29. The Morgan fingerprint density at radius 3 is 2.40 bits per heavy atom. The Balaban J connectivity index is 2.28.